The number of rotatable bonds is 2. The van der Waals surface area contributed by atoms with E-state index < -0.39 is 23.5 Å². The van der Waals surface area contributed by atoms with Crippen LogP contribution in [0.1, 0.15) is 41.5 Å². The second-order valence-electron chi connectivity index (χ2n) is 7.20. The van der Waals surface area contributed by atoms with Gasteiger partial charge in [-0.2, -0.15) is 0 Å². The first kappa shape index (κ1) is 17.7. The molecule has 0 bridgehead atoms. The fourth-order valence-electron chi connectivity index (χ4n) is 2.84. The Morgan fingerprint density at radius 3 is 2.39 bits per heavy atom. The molecule has 9 heteroatoms. The fraction of sp³-hybridized carbons (Fsp3) is 0.211. The summed E-state index contributed by atoms with van der Waals surface area (Å²) in [6, 6.07) is 8.01. The van der Waals surface area contributed by atoms with E-state index in [0.717, 1.165) is 4.90 Å². The Bertz CT molecular complexity index is 1090. The van der Waals surface area contributed by atoms with Gasteiger partial charge in [0.25, 0.3) is 11.8 Å². The molecule has 0 radical (unpaired) electrons. The van der Waals surface area contributed by atoms with Gasteiger partial charge >= 0.3 is 6.09 Å². The summed E-state index contributed by atoms with van der Waals surface area (Å²) >= 11 is 0. The average molecular weight is 380 g/mol. The number of amides is 3. The van der Waals surface area contributed by atoms with Crippen molar-refractivity contribution in [3.8, 4) is 0 Å². The van der Waals surface area contributed by atoms with Crippen molar-refractivity contribution in [1.82, 2.24) is 10.1 Å². The maximum atomic E-state index is 12.6. The standard InChI is InChI=1S/C19H16N4O5/c1-19(2,3)27-18(26)21-10-8-13-14(20-9-10)15(22-28-13)23-16(24)11-6-4-5-7-12(11)17(23)25/h4-9H,1-3H3,(H,21,26). The summed E-state index contributed by atoms with van der Waals surface area (Å²) in [6.07, 6.45) is 0.722. The summed E-state index contributed by atoms with van der Waals surface area (Å²) < 4.78 is 10.4. The zero-order chi connectivity index (χ0) is 20.1. The van der Waals surface area contributed by atoms with Crippen LogP contribution in [-0.2, 0) is 4.74 Å². The van der Waals surface area contributed by atoms with Crippen molar-refractivity contribution in [2.75, 3.05) is 10.2 Å². The van der Waals surface area contributed by atoms with Gasteiger partial charge in [-0.1, -0.05) is 17.3 Å². The van der Waals surface area contributed by atoms with Crippen molar-refractivity contribution in [3.63, 3.8) is 0 Å². The van der Waals surface area contributed by atoms with E-state index in [1.165, 1.54) is 12.3 Å². The van der Waals surface area contributed by atoms with Gasteiger partial charge in [-0.05, 0) is 32.9 Å². The van der Waals surface area contributed by atoms with E-state index in [0.29, 0.717) is 16.8 Å². The Kier molecular flexibility index (Phi) is 3.88. The van der Waals surface area contributed by atoms with Crippen LogP contribution in [0.5, 0.6) is 0 Å². The number of aromatic nitrogens is 2. The van der Waals surface area contributed by atoms with E-state index in [1.54, 1.807) is 45.0 Å². The highest BCUT2D eigenvalue weighted by molar-refractivity contribution is 6.35. The number of anilines is 2. The Balaban J connectivity index is 1.64. The molecule has 1 aromatic carbocycles. The first-order valence-electron chi connectivity index (χ1n) is 8.48. The summed E-state index contributed by atoms with van der Waals surface area (Å²) in [5.74, 6) is -0.980. The van der Waals surface area contributed by atoms with Gasteiger partial charge in [-0.25, -0.2) is 14.7 Å². The molecule has 0 saturated carbocycles. The smallest absolute Gasteiger partial charge is 0.412 e. The zero-order valence-electron chi connectivity index (χ0n) is 15.3. The van der Waals surface area contributed by atoms with Gasteiger partial charge < -0.3 is 9.26 Å². The average Bonchev–Trinajstić information content (AvgIpc) is 3.13. The number of carbonyl (C=O) groups is 3. The highest BCUT2D eigenvalue weighted by Crippen LogP contribution is 2.32. The lowest BCUT2D eigenvalue weighted by Gasteiger charge is -2.19. The third-order valence-corrected chi connectivity index (χ3v) is 3.95. The summed E-state index contributed by atoms with van der Waals surface area (Å²) in [4.78, 5) is 42.2. The highest BCUT2D eigenvalue weighted by Gasteiger charge is 2.39. The number of ether oxygens (including phenoxy) is 1. The predicted octanol–water partition coefficient (Wildman–Crippen LogP) is 3.37. The quantitative estimate of drug-likeness (QED) is 0.678. The molecular weight excluding hydrogens is 364 g/mol. The van der Waals surface area contributed by atoms with Crippen molar-refractivity contribution < 1.29 is 23.6 Å². The monoisotopic (exact) mass is 380 g/mol. The van der Waals surface area contributed by atoms with Crippen LogP contribution in [0, 0.1) is 0 Å². The van der Waals surface area contributed by atoms with Gasteiger partial charge in [0, 0.05) is 6.07 Å². The molecule has 4 rings (SSSR count). The van der Waals surface area contributed by atoms with E-state index in [4.69, 9.17) is 9.26 Å². The number of carbonyl (C=O) groups excluding carboxylic acids is 3. The summed E-state index contributed by atoms with van der Waals surface area (Å²) in [5.41, 5.74) is 0.710. The number of nitrogens with one attached hydrogen (secondary N) is 1. The van der Waals surface area contributed by atoms with Gasteiger partial charge in [0.05, 0.1) is 23.0 Å². The minimum Gasteiger partial charge on any atom is -0.444 e. The number of imide groups is 1. The van der Waals surface area contributed by atoms with Crippen LogP contribution < -0.4 is 10.2 Å². The van der Waals surface area contributed by atoms with E-state index in [9.17, 15) is 14.4 Å². The molecule has 2 aromatic heterocycles. The van der Waals surface area contributed by atoms with E-state index in [2.05, 4.69) is 15.5 Å². The first-order valence-corrected chi connectivity index (χ1v) is 8.48. The second kappa shape index (κ2) is 6.15. The summed E-state index contributed by atoms with van der Waals surface area (Å²) in [6.45, 7) is 5.25. The molecule has 0 saturated heterocycles. The van der Waals surface area contributed by atoms with Crippen LogP contribution in [0.4, 0.5) is 16.3 Å². The Labute approximate surface area is 159 Å². The van der Waals surface area contributed by atoms with Crippen LogP contribution in [0.2, 0.25) is 0 Å². The molecule has 0 fully saturated rings. The minimum atomic E-state index is -0.646. The normalized spacial score (nSPS) is 13.8. The number of fused-ring (bicyclic) bond motifs is 2. The lowest BCUT2D eigenvalue weighted by molar-refractivity contribution is 0.0635. The number of hydrogen-bond acceptors (Lipinski definition) is 7. The number of hydrogen-bond donors (Lipinski definition) is 1. The van der Waals surface area contributed by atoms with Gasteiger partial charge in [-0.15, -0.1) is 0 Å². The molecule has 0 unspecified atom stereocenters. The van der Waals surface area contributed by atoms with Crippen molar-refractivity contribution in [1.29, 1.82) is 0 Å². The first-order chi connectivity index (χ1) is 13.2. The maximum Gasteiger partial charge on any atom is 0.412 e. The highest BCUT2D eigenvalue weighted by atomic mass is 16.6. The molecule has 1 aliphatic heterocycles. The minimum absolute atomic E-state index is 0.00465. The number of pyridine rings is 1. The van der Waals surface area contributed by atoms with Crippen LogP contribution in [0.3, 0.4) is 0 Å². The molecule has 0 atom stereocenters. The van der Waals surface area contributed by atoms with Crippen LogP contribution >= 0.6 is 0 Å². The molecule has 1 aliphatic rings. The van der Waals surface area contributed by atoms with Crippen LogP contribution in [0.15, 0.2) is 41.1 Å². The Morgan fingerprint density at radius 2 is 1.79 bits per heavy atom. The SMILES string of the molecule is CC(C)(C)OC(=O)Nc1cnc2c(N3C(=O)c4ccccc4C3=O)noc2c1. The topological polar surface area (TPSA) is 115 Å². The Morgan fingerprint density at radius 1 is 1.14 bits per heavy atom. The second-order valence-corrected chi connectivity index (χ2v) is 7.20. The van der Waals surface area contributed by atoms with Crippen molar-refractivity contribution >= 4 is 40.5 Å². The van der Waals surface area contributed by atoms with Crippen molar-refractivity contribution in [2.24, 2.45) is 0 Å². The van der Waals surface area contributed by atoms with Crippen LogP contribution in [0.25, 0.3) is 11.1 Å². The van der Waals surface area contributed by atoms with E-state index in [1.807, 2.05) is 0 Å². The molecule has 28 heavy (non-hydrogen) atoms. The molecule has 0 spiro atoms. The van der Waals surface area contributed by atoms with Crippen LogP contribution in [-0.4, -0.2) is 33.6 Å². The third-order valence-electron chi connectivity index (χ3n) is 3.95. The number of nitrogens with zero attached hydrogens (tertiary/aromatic N) is 3. The fourth-order valence-corrected chi connectivity index (χ4v) is 2.84. The lowest BCUT2D eigenvalue weighted by atomic mass is 10.1. The number of benzene rings is 1. The molecule has 9 nitrogen and oxygen atoms in total. The van der Waals surface area contributed by atoms with Crippen molar-refractivity contribution in [2.45, 2.75) is 26.4 Å². The Hall–Kier alpha value is -3.75. The molecule has 3 heterocycles. The molecule has 0 aliphatic carbocycles. The van der Waals surface area contributed by atoms with E-state index >= 15 is 0 Å². The van der Waals surface area contributed by atoms with Crippen molar-refractivity contribution in [3.05, 3.63) is 47.7 Å². The molecule has 1 N–H and O–H groups in total. The molecule has 3 amide bonds. The molecular formula is C19H16N4O5. The predicted molar refractivity (Wildman–Crippen MR) is 99.2 cm³/mol. The largest absolute Gasteiger partial charge is 0.444 e. The maximum absolute atomic E-state index is 12.6. The van der Waals surface area contributed by atoms with Gasteiger partial charge in [0.2, 0.25) is 5.82 Å². The summed E-state index contributed by atoms with van der Waals surface area (Å²) in [7, 11) is 0. The van der Waals surface area contributed by atoms with E-state index in [-0.39, 0.29) is 16.9 Å². The summed E-state index contributed by atoms with van der Waals surface area (Å²) in [5, 5.41) is 6.39. The molecule has 142 valence electrons. The zero-order valence-corrected chi connectivity index (χ0v) is 15.3. The van der Waals surface area contributed by atoms with Gasteiger partial charge in [0.1, 0.15) is 5.60 Å². The third kappa shape index (κ3) is 2.96. The lowest BCUT2D eigenvalue weighted by Crippen LogP contribution is -2.30. The van der Waals surface area contributed by atoms with Gasteiger partial charge in [-0.3, -0.25) is 14.9 Å². The molecule has 3 aromatic rings. The van der Waals surface area contributed by atoms with Gasteiger partial charge in [0.15, 0.2) is 11.1 Å².